The Morgan fingerprint density at radius 1 is 1.06 bits per heavy atom. The summed E-state index contributed by atoms with van der Waals surface area (Å²) in [6.07, 6.45) is -0.278. The summed E-state index contributed by atoms with van der Waals surface area (Å²) in [5, 5.41) is 8.41. The maximum Gasteiger partial charge on any atom is 0.398 e. The second kappa shape index (κ2) is 12.0. The van der Waals surface area contributed by atoms with Crippen LogP contribution in [0.15, 0.2) is 54.7 Å². The normalized spacial score (nSPS) is 19.1. The molecule has 2 aliphatic carbocycles. The second-order valence-electron chi connectivity index (χ2n) is 13.0. The first-order valence-corrected chi connectivity index (χ1v) is 15.9. The van der Waals surface area contributed by atoms with Crippen LogP contribution in [0.4, 0.5) is 28.0 Å². The van der Waals surface area contributed by atoms with Gasteiger partial charge in [0.2, 0.25) is 5.91 Å². The number of aryl methyl sites for hydroxylation is 1. The molecule has 2 fully saturated rings. The highest BCUT2D eigenvalue weighted by atomic mass is 19.4. The number of anilines is 1. The predicted molar refractivity (Wildman–Crippen MR) is 172 cm³/mol. The highest BCUT2D eigenvalue weighted by Crippen LogP contribution is 2.55. The number of carbonyl (C=O) groups is 3. The number of halogens is 4. The number of amides is 4. The Balaban J connectivity index is 1.24. The number of primary amides is 1. The molecule has 2 saturated carbocycles. The number of pyridine rings is 2. The third-order valence-electron chi connectivity index (χ3n) is 9.31. The second-order valence-corrected chi connectivity index (χ2v) is 13.0. The van der Waals surface area contributed by atoms with E-state index in [-0.39, 0.29) is 52.4 Å². The van der Waals surface area contributed by atoms with Crippen LogP contribution in [0.3, 0.4) is 0 Å². The number of carbonyl (C=O) groups excluding carboxylic acids is 3. The van der Waals surface area contributed by atoms with Crippen molar-refractivity contribution in [3.8, 4) is 17.0 Å². The van der Waals surface area contributed by atoms with Gasteiger partial charge in [0.1, 0.15) is 35.2 Å². The number of fused-ring (bicyclic) bond motifs is 2. The van der Waals surface area contributed by atoms with E-state index in [1.807, 2.05) is 0 Å². The van der Waals surface area contributed by atoms with Gasteiger partial charge in [0.25, 0.3) is 5.91 Å². The van der Waals surface area contributed by atoms with Crippen molar-refractivity contribution >= 4 is 34.4 Å². The molecule has 254 valence electrons. The van der Waals surface area contributed by atoms with Crippen molar-refractivity contribution in [1.82, 2.24) is 20.6 Å². The van der Waals surface area contributed by atoms with E-state index < -0.39 is 53.4 Å². The van der Waals surface area contributed by atoms with Crippen molar-refractivity contribution in [2.45, 2.75) is 56.2 Å². The minimum absolute atomic E-state index is 0.00587. The first-order chi connectivity index (χ1) is 23.3. The third-order valence-corrected chi connectivity index (χ3v) is 9.31. The van der Waals surface area contributed by atoms with Crippen molar-refractivity contribution < 1.29 is 36.7 Å². The Morgan fingerprint density at radius 3 is 2.45 bits per heavy atom. The zero-order valence-electron chi connectivity index (χ0n) is 26.3. The average Bonchev–Trinajstić information content (AvgIpc) is 3.99. The topological polar surface area (TPSA) is 148 Å². The number of urea groups is 1. The molecule has 2 atom stereocenters. The number of hydrogen-bond acceptors (Lipinski definition) is 6. The van der Waals surface area contributed by atoms with Crippen LogP contribution in [0.25, 0.3) is 22.2 Å². The summed E-state index contributed by atoms with van der Waals surface area (Å²) in [6, 6.07) is 10.4. The number of aromatic nitrogens is 2. The lowest BCUT2D eigenvalue weighted by atomic mass is 9.76. The summed E-state index contributed by atoms with van der Waals surface area (Å²) >= 11 is 0. The summed E-state index contributed by atoms with van der Waals surface area (Å²) < 4.78 is 64.3. The van der Waals surface area contributed by atoms with Crippen LogP contribution in [0.2, 0.25) is 0 Å². The highest BCUT2D eigenvalue weighted by Gasteiger charge is 2.57. The molecule has 7 rings (SSSR count). The fourth-order valence-corrected chi connectivity index (χ4v) is 6.44. The van der Waals surface area contributed by atoms with Gasteiger partial charge in [0.05, 0.1) is 16.9 Å². The van der Waals surface area contributed by atoms with Crippen LogP contribution in [-0.2, 0) is 10.2 Å². The van der Waals surface area contributed by atoms with Crippen molar-refractivity contribution in [2.24, 2.45) is 11.7 Å². The molecule has 0 spiro atoms. The molecule has 0 bridgehead atoms. The van der Waals surface area contributed by atoms with E-state index in [1.54, 1.807) is 19.2 Å². The minimum Gasteiger partial charge on any atom is -0.489 e. The average molecular weight is 677 g/mol. The molecule has 4 amide bonds. The van der Waals surface area contributed by atoms with Gasteiger partial charge in [-0.25, -0.2) is 14.2 Å². The van der Waals surface area contributed by atoms with Gasteiger partial charge >= 0.3 is 12.2 Å². The lowest BCUT2D eigenvalue weighted by Gasteiger charge is -2.26. The van der Waals surface area contributed by atoms with E-state index in [4.69, 9.17) is 10.5 Å². The molecule has 2 aromatic heterocycles. The molecule has 49 heavy (non-hydrogen) atoms. The molecule has 5 N–H and O–H groups in total. The van der Waals surface area contributed by atoms with Gasteiger partial charge in [-0.2, -0.15) is 13.2 Å². The Labute approximate surface area is 277 Å². The predicted octanol–water partition coefficient (Wildman–Crippen LogP) is 5.63. The number of nitrogens with zero attached hydrogens (tertiary/aromatic N) is 2. The summed E-state index contributed by atoms with van der Waals surface area (Å²) in [6.45, 7) is 0.741. The fourth-order valence-electron chi connectivity index (χ4n) is 6.44. The molecule has 2 aromatic carbocycles. The van der Waals surface area contributed by atoms with Gasteiger partial charge in [-0.05, 0) is 92.6 Å². The summed E-state index contributed by atoms with van der Waals surface area (Å²) in [5.74, 6) is -4.50. The van der Waals surface area contributed by atoms with Gasteiger partial charge in [0.15, 0.2) is 0 Å². The SMILES string of the molecule is Cc1cnc2c(NC(=O)NC3CC3)cc(C(=O)NCC(c3cc4c(c(-c5ccc(F)cc5)n3)OC[C@@]4(C(N)=O)C3CC3)C(F)(F)F)cc2c1. The molecular weight excluding hydrogens is 644 g/mol. The summed E-state index contributed by atoms with van der Waals surface area (Å²) in [5.41, 5.74) is 5.98. The molecule has 4 aromatic rings. The smallest absolute Gasteiger partial charge is 0.398 e. The highest BCUT2D eigenvalue weighted by molar-refractivity contribution is 6.05. The number of nitrogens with one attached hydrogen (secondary N) is 3. The Morgan fingerprint density at radius 2 is 1.80 bits per heavy atom. The third kappa shape index (κ3) is 6.22. The Hall–Kier alpha value is -5.27. The molecule has 0 saturated heterocycles. The molecule has 14 heteroatoms. The van der Waals surface area contributed by atoms with Crippen LogP contribution in [-0.4, -0.2) is 53.2 Å². The van der Waals surface area contributed by atoms with Gasteiger partial charge in [-0.3, -0.25) is 14.6 Å². The van der Waals surface area contributed by atoms with E-state index in [2.05, 4.69) is 25.9 Å². The van der Waals surface area contributed by atoms with E-state index in [1.165, 1.54) is 30.3 Å². The summed E-state index contributed by atoms with van der Waals surface area (Å²) in [4.78, 5) is 47.7. The molecule has 10 nitrogen and oxygen atoms in total. The standard InChI is InChI=1S/C35H32F4N6O4/c1-17-10-19-11-20(12-27(28(19)41-14-17)45-33(48)43-23-8-9-23)31(46)42-15-25(35(37,38)39)26-13-24-30(29(44-26)18-2-6-22(36)7-3-18)49-16-34(24,32(40)47)21-4-5-21/h2-3,6-7,10-14,21,23,25H,4-5,8-9,15-16H2,1H3,(H2,40,47)(H,42,46)(H2,43,45,48)/t25?,34-/m1/s1. The molecular formula is C35H32F4N6O4. The van der Waals surface area contributed by atoms with Crippen molar-refractivity contribution in [3.63, 3.8) is 0 Å². The number of rotatable bonds is 9. The van der Waals surface area contributed by atoms with Crippen LogP contribution in [0.5, 0.6) is 5.75 Å². The van der Waals surface area contributed by atoms with Gasteiger partial charge in [0, 0.05) is 40.9 Å². The lowest BCUT2D eigenvalue weighted by Crippen LogP contribution is -2.45. The first-order valence-electron chi connectivity index (χ1n) is 15.9. The van der Waals surface area contributed by atoms with E-state index in [9.17, 15) is 31.9 Å². The molecule has 1 unspecified atom stereocenters. The van der Waals surface area contributed by atoms with Gasteiger partial charge < -0.3 is 26.4 Å². The molecule has 0 radical (unpaired) electrons. The van der Waals surface area contributed by atoms with Crippen LogP contribution < -0.4 is 26.4 Å². The zero-order chi connectivity index (χ0) is 34.7. The van der Waals surface area contributed by atoms with Crippen LogP contribution >= 0.6 is 0 Å². The molecule has 3 aliphatic rings. The van der Waals surface area contributed by atoms with E-state index >= 15 is 0 Å². The number of ether oxygens (including phenoxy) is 1. The number of alkyl halides is 3. The Kier molecular flexibility index (Phi) is 7.91. The van der Waals surface area contributed by atoms with Crippen molar-refractivity contribution in [3.05, 3.63) is 82.9 Å². The molecule has 3 heterocycles. The first kappa shape index (κ1) is 32.3. The summed E-state index contributed by atoms with van der Waals surface area (Å²) in [7, 11) is 0. The van der Waals surface area contributed by atoms with Crippen LogP contribution in [0, 0.1) is 18.7 Å². The maximum atomic E-state index is 14.9. The van der Waals surface area contributed by atoms with Crippen molar-refractivity contribution in [2.75, 3.05) is 18.5 Å². The fraction of sp³-hybridized carbons (Fsp3) is 0.343. The zero-order valence-corrected chi connectivity index (χ0v) is 26.3. The maximum absolute atomic E-state index is 14.9. The van der Waals surface area contributed by atoms with E-state index in [0.717, 1.165) is 30.5 Å². The number of hydrogen-bond donors (Lipinski definition) is 4. The lowest BCUT2D eigenvalue weighted by molar-refractivity contribution is -0.149. The van der Waals surface area contributed by atoms with Crippen LogP contribution in [0.1, 0.15) is 58.8 Å². The largest absolute Gasteiger partial charge is 0.489 e. The van der Waals surface area contributed by atoms with Gasteiger partial charge in [-0.1, -0.05) is 0 Å². The van der Waals surface area contributed by atoms with E-state index in [0.29, 0.717) is 23.7 Å². The monoisotopic (exact) mass is 676 g/mol. The minimum atomic E-state index is -4.89. The number of nitrogens with two attached hydrogens (primary N) is 1. The quantitative estimate of drug-likeness (QED) is 0.169. The Bertz CT molecular complexity index is 2000. The van der Waals surface area contributed by atoms with Crippen molar-refractivity contribution in [1.29, 1.82) is 0 Å². The molecule has 1 aliphatic heterocycles. The number of benzene rings is 2. The van der Waals surface area contributed by atoms with Gasteiger partial charge in [-0.15, -0.1) is 0 Å².